The number of anilines is 1. The Labute approximate surface area is 116 Å². The van der Waals surface area contributed by atoms with E-state index < -0.39 is 0 Å². The monoisotopic (exact) mass is 262 g/mol. The fourth-order valence-electron chi connectivity index (χ4n) is 3.92. The maximum absolute atomic E-state index is 4.45. The summed E-state index contributed by atoms with van der Waals surface area (Å²) in [4.78, 5) is 2.66. The second-order valence-corrected chi connectivity index (χ2v) is 5.93. The van der Waals surface area contributed by atoms with E-state index in [1.807, 2.05) is 4.68 Å². The molecule has 106 valence electrons. The molecule has 0 amide bonds. The van der Waals surface area contributed by atoms with Crippen molar-refractivity contribution >= 4 is 5.69 Å². The highest BCUT2D eigenvalue weighted by Crippen LogP contribution is 2.37. The molecule has 2 bridgehead atoms. The minimum Gasteiger partial charge on any atom is -0.363 e. The first-order valence-electron chi connectivity index (χ1n) is 7.86. The molecule has 0 aliphatic carbocycles. The number of hydrogen-bond donors (Lipinski definition) is 1. The fraction of sp³-hybridized carbons (Fsp3) is 0.800. The summed E-state index contributed by atoms with van der Waals surface area (Å²) in [7, 11) is 0. The number of aromatic nitrogens is 2. The van der Waals surface area contributed by atoms with E-state index in [0.717, 1.165) is 19.1 Å². The molecule has 0 saturated carbocycles. The van der Waals surface area contributed by atoms with Gasteiger partial charge in [0.05, 0.1) is 11.9 Å². The summed E-state index contributed by atoms with van der Waals surface area (Å²) in [6, 6.07) is 2.15. The van der Waals surface area contributed by atoms with E-state index in [-0.39, 0.29) is 0 Å². The number of piperidine rings is 2. The van der Waals surface area contributed by atoms with Crippen LogP contribution in [0.3, 0.4) is 0 Å². The minimum atomic E-state index is 0.714. The normalized spacial score (nSPS) is 30.6. The number of aryl methyl sites for hydroxylation is 1. The molecule has 0 radical (unpaired) electrons. The van der Waals surface area contributed by atoms with Gasteiger partial charge in [0.1, 0.15) is 0 Å². The summed E-state index contributed by atoms with van der Waals surface area (Å²) < 4.78 is 2.04. The predicted molar refractivity (Wildman–Crippen MR) is 78.5 cm³/mol. The van der Waals surface area contributed by atoms with Gasteiger partial charge in [0, 0.05) is 30.9 Å². The summed E-state index contributed by atoms with van der Waals surface area (Å²) in [5.74, 6) is 0. The Morgan fingerprint density at radius 1 is 1.26 bits per heavy atom. The molecule has 1 aromatic rings. The lowest BCUT2D eigenvalue weighted by molar-refractivity contribution is 0.247. The van der Waals surface area contributed by atoms with Crippen molar-refractivity contribution in [2.24, 2.45) is 0 Å². The molecule has 3 rings (SSSR count). The molecule has 0 spiro atoms. The second-order valence-electron chi connectivity index (χ2n) is 5.93. The van der Waals surface area contributed by atoms with E-state index >= 15 is 0 Å². The van der Waals surface area contributed by atoms with Crippen LogP contribution < -0.4 is 10.2 Å². The van der Waals surface area contributed by atoms with Gasteiger partial charge in [0.25, 0.3) is 0 Å². The van der Waals surface area contributed by atoms with Crippen molar-refractivity contribution in [1.29, 1.82) is 0 Å². The number of fused-ring (bicyclic) bond motifs is 2. The van der Waals surface area contributed by atoms with Crippen molar-refractivity contribution in [1.82, 2.24) is 15.1 Å². The van der Waals surface area contributed by atoms with E-state index in [4.69, 9.17) is 0 Å². The molecule has 2 unspecified atom stereocenters. The molecule has 2 saturated heterocycles. The highest BCUT2D eigenvalue weighted by molar-refractivity contribution is 5.46. The van der Waals surface area contributed by atoms with Crippen LogP contribution in [0.4, 0.5) is 5.69 Å². The smallest absolute Gasteiger partial charge is 0.0757 e. The van der Waals surface area contributed by atoms with Crippen LogP contribution in [-0.2, 0) is 6.54 Å². The SMILES string of the molecule is CCNC1CC2CCCC(C1)N2c1cnn(CC)c1. The standard InChI is InChI=1S/C15H26N4/c1-3-16-12-8-13-6-5-7-14(9-12)19(13)15-10-17-18(4-2)11-15/h10-14,16H,3-9H2,1-2H3. The highest BCUT2D eigenvalue weighted by atomic mass is 15.3. The van der Waals surface area contributed by atoms with Crippen LogP contribution in [0.5, 0.6) is 0 Å². The van der Waals surface area contributed by atoms with E-state index in [9.17, 15) is 0 Å². The molecular weight excluding hydrogens is 236 g/mol. The lowest BCUT2D eigenvalue weighted by atomic mass is 9.81. The van der Waals surface area contributed by atoms with Gasteiger partial charge in [0.2, 0.25) is 0 Å². The predicted octanol–water partition coefficient (Wildman–Crippen LogP) is 2.40. The van der Waals surface area contributed by atoms with Crippen molar-refractivity contribution in [2.75, 3.05) is 11.4 Å². The fourth-order valence-corrected chi connectivity index (χ4v) is 3.92. The summed E-state index contributed by atoms with van der Waals surface area (Å²) in [6.45, 7) is 6.42. The first kappa shape index (κ1) is 13.0. The lowest BCUT2D eigenvalue weighted by Gasteiger charge is -2.50. The Kier molecular flexibility index (Phi) is 3.78. The van der Waals surface area contributed by atoms with Crippen molar-refractivity contribution < 1.29 is 0 Å². The molecule has 2 atom stereocenters. The molecule has 2 aliphatic heterocycles. The van der Waals surface area contributed by atoms with Crippen LogP contribution in [0, 0.1) is 0 Å². The lowest BCUT2D eigenvalue weighted by Crippen LogP contribution is -2.56. The Balaban J connectivity index is 1.78. The average Bonchev–Trinajstić information content (AvgIpc) is 2.86. The third kappa shape index (κ3) is 2.50. The molecule has 1 aromatic heterocycles. The van der Waals surface area contributed by atoms with Gasteiger partial charge in [-0.15, -0.1) is 0 Å². The number of nitrogens with zero attached hydrogens (tertiary/aromatic N) is 3. The van der Waals surface area contributed by atoms with Gasteiger partial charge in [-0.3, -0.25) is 4.68 Å². The van der Waals surface area contributed by atoms with Crippen LogP contribution in [0.15, 0.2) is 12.4 Å². The van der Waals surface area contributed by atoms with E-state index in [1.54, 1.807) is 0 Å². The molecule has 0 aromatic carbocycles. The third-order valence-corrected chi connectivity index (χ3v) is 4.71. The van der Waals surface area contributed by atoms with Gasteiger partial charge >= 0.3 is 0 Å². The summed E-state index contributed by atoms with van der Waals surface area (Å²) in [5.41, 5.74) is 1.34. The first-order valence-corrected chi connectivity index (χ1v) is 7.86. The Morgan fingerprint density at radius 3 is 2.58 bits per heavy atom. The molecule has 4 heteroatoms. The van der Waals surface area contributed by atoms with Crippen LogP contribution >= 0.6 is 0 Å². The van der Waals surface area contributed by atoms with Gasteiger partial charge < -0.3 is 10.2 Å². The number of nitrogens with one attached hydrogen (secondary N) is 1. The van der Waals surface area contributed by atoms with Crippen molar-refractivity contribution in [3.05, 3.63) is 12.4 Å². The van der Waals surface area contributed by atoms with E-state index in [2.05, 4.69) is 41.6 Å². The zero-order valence-corrected chi connectivity index (χ0v) is 12.2. The average molecular weight is 262 g/mol. The molecular formula is C15H26N4. The molecule has 2 fully saturated rings. The van der Waals surface area contributed by atoms with Crippen molar-refractivity contribution in [2.45, 2.75) is 70.6 Å². The topological polar surface area (TPSA) is 33.1 Å². The first-order chi connectivity index (χ1) is 9.31. The van der Waals surface area contributed by atoms with E-state index in [0.29, 0.717) is 12.1 Å². The maximum Gasteiger partial charge on any atom is 0.0757 e. The summed E-state index contributed by atoms with van der Waals surface area (Å²) >= 11 is 0. The third-order valence-electron chi connectivity index (χ3n) is 4.71. The molecule has 4 nitrogen and oxygen atoms in total. The highest BCUT2D eigenvalue weighted by Gasteiger charge is 2.38. The second kappa shape index (κ2) is 5.53. The van der Waals surface area contributed by atoms with Crippen LogP contribution in [0.2, 0.25) is 0 Å². The van der Waals surface area contributed by atoms with E-state index in [1.165, 1.54) is 37.8 Å². The quantitative estimate of drug-likeness (QED) is 0.904. The van der Waals surface area contributed by atoms with Gasteiger partial charge in [-0.1, -0.05) is 6.92 Å². The molecule has 1 N–H and O–H groups in total. The van der Waals surface area contributed by atoms with Crippen LogP contribution in [0.1, 0.15) is 46.0 Å². The van der Waals surface area contributed by atoms with Gasteiger partial charge in [-0.2, -0.15) is 5.10 Å². The van der Waals surface area contributed by atoms with Crippen molar-refractivity contribution in [3.63, 3.8) is 0 Å². The number of hydrogen-bond acceptors (Lipinski definition) is 3. The zero-order chi connectivity index (χ0) is 13.2. The van der Waals surface area contributed by atoms with Crippen LogP contribution in [-0.4, -0.2) is 34.5 Å². The molecule has 3 heterocycles. The van der Waals surface area contributed by atoms with Gasteiger partial charge in [-0.25, -0.2) is 0 Å². The van der Waals surface area contributed by atoms with Gasteiger partial charge in [0.15, 0.2) is 0 Å². The summed E-state index contributed by atoms with van der Waals surface area (Å²) in [5, 5.41) is 8.11. The Bertz CT molecular complexity index is 400. The Hall–Kier alpha value is -1.03. The molecule has 19 heavy (non-hydrogen) atoms. The maximum atomic E-state index is 4.45. The minimum absolute atomic E-state index is 0.714. The zero-order valence-electron chi connectivity index (χ0n) is 12.2. The Morgan fingerprint density at radius 2 is 2.00 bits per heavy atom. The largest absolute Gasteiger partial charge is 0.363 e. The number of rotatable bonds is 4. The van der Waals surface area contributed by atoms with Crippen molar-refractivity contribution in [3.8, 4) is 0 Å². The van der Waals surface area contributed by atoms with Gasteiger partial charge in [-0.05, 0) is 45.6 Å². The van der Waals surface area contributed by atoms with Crippen LogP contribution in [0.25, 0.3) is 0 Å². The summed E-state index contributed by atoms with van der Waals surface area (Å²) in [6.07, 6.45) is 10.9. The molecule has 2 aliphatic rings.